The van der Waals surface area contributed by atoms with Crippen LogP contribution in [0.1, 0.15) is 5.69 Å². The second-order valence-electron chi connectivity index (χ2n) is 4.01. The highest BCUT2D eigenvalue weighted by Gasteiger charge is 2.13. The van der Waals surface area contributed by atoms with Crippen molar-refractivity contribution in [3.8, 4) is 11.5 Å². The third kappa shape index (κ3) is 3.68. The number of hydrogen-bond acceptors (Lipinski definition) is 6. The Bertz CT molecular complexity index is 662. The van der Waals surface area contributed by atoms with E-state index >= 15 is 0 Å². The van der Waals surface area contributed by atoms with Gasteiger partial charge in [0.25, 0.3) is 0 Å². The minimum absolute atomic E-state index is 0.223. The van der Waals surface area contributed by atoms with Crippen molar-refractivity contribution in [1.82, 2.24) is 4.98 Å². The number of ether oxygens (including phenoxy) is 2. The molecular weight excluding hydrogens is 294 g/mol. The van der Waals surface area contributed by atoms with Crippen molar-refractivity contribution in [2.75, 3.05) is 14.2 Å². The van der Waals surface area contributed by atoms with Gasteiger partial charge in [0, 0.05) is 11.1 Å². The molecule has 7 heteroatoms. The first kappa shape index (κ1) is 15.2. The zero-order chi connectivity index (χ0) is 15.2. The van der Waals surface area contributed by atoms with Crippen molar-refractivity contribution < 1.29 is 14.6 Å². The Kier molecular flexibility index (Phi) is 5.08. The van der Waals surface area contributed by atoms with Gasteiger partial charge in [0.05, 0.1) is 32.2 Å². The maximum Gasteiger partial charge on any atom is 0.221 e. The maximum atomic E-state index is 9.22. The topological polar surface area (TPSA) is 76.3 Å². The largest absolute Gasteiger partial charge is 0.493 e. The minimum atomic E-state index is -0.236. The van der Waals surface area contributed by atoms with Gasteiger partial charge in [-0.15, -0.1) is 10.2 Å². The lowest BCUT2D eigenvalue weighted by Crippen LogP contribution is -1.96. The van der Waals surface area contributed by atoms with Crippen LogP contribution in [0.4, 0.5) is 11.5 Å². The van der Waals surface area contributed by atoms with Crippen molar-refractivity contribution in [2.45, 2.75) is 6.61 Å². The fourth-order valence-electron chi connectivity index (χ4n) is 1.68. The van der Waals surface area contributed by atoms with Gasteiger partial charge in [0.2, 0.25) is 11.6 Å². The van der Waals surface area contributed by atoms with Crippen LogP contribution < -0.4 is 9.47 Å². The van der Waals surface area contributed by atoms with E-state index in [9.17, 15) is 5.11 Å². The number of methoxy groups -OCH3 is 2. The fraction of sp³-hybridized carbons (Fsp3) is 0.214. The van der Waals surface area contributed by atoms with Gasteiger partial charge < -0.3 is 14.6 Å². The van der Waals surface area contributed by atoms with E-state index in [1.807, 2.05) is 0 Å². The predicted molar refractivity (Wildman–Crippen MR) is 78.9 cm³/mol. The first-order chi connectivity index (χ1) is 10.2. The van der Waals surface area contributed by atoms with Gasteiger partial charge >= 0.3 is 0 Å². The van der Waals surface area contributed by atoms with Gasteiger partial charge in [-0.25, -0.2) is 4.98 Å². The lowest BCUT2D eigenvalue weighted by molar-refractivity contribution is 0.275. The second kappa shape index (κ2) is 7.01. The van der Waals surface area contributed by atoms with Gasteiger partial charge in [0.1, 0.15) is 0 Å². The van der Waals surface area contributed by atoms with Gasteiger partial charge in [-0.3, -0.25) is 0 Å². The Labute approximate surface area is 127 Å². The zero-order valence-electron chi connectivity index (χ0n) is 11.6. The molecular formula is C14H14ClN3O3. The summed E-state index contributed by atoms with van der Waals surface area (Å²) in [7, 11) is 2.98. The van der Waals surface area contributed by atoms with Crippen molar-refractivity contribution >= 4 is 23.1 Å². The van der Waals surface area contributed by atoms with Crippen LogP contribution in [-0.4, -0.2) is 24.3 Å². The number of hydrogen-bond donors (Lipinski definition) is 1. The SMILES string of the molecule is COc1cc(CO)nc(N=Nc2cccc(Cl)c2)c1OC. The third-order valence-corrected chi connectivity index (χ3v) is 2.86. The van der Waals surface area contributed by atoms with E-state index < -0.39 is 0 Å². The molecule has 0 spiro atoms. The molecule has 0 bridgehead atoms. The van der Waals surface area contributed by atoms with Crippen molar-refractivity contribution in [3.63, 3.8) is 0 Å². The van der Waals surface area contributed by atoms with Crippen LogP contribution in [-0.2, 0) is 6.61 Å². The molecule has 0 amide bonds. The molecule has 0 aliphatic rings. The highest BCUT2D eigenvalue weighted by atomic mass is 35.5. The van der Waals surface area contributed by atoms with Crippen LogP contribution in [0.3, 0.4) is 0 Å². The van der Waals surface area contributed by atoms with Crippen molar-refractivity contribution in [1.29, 1.82) is 0 Å². The summed E-state index contributed by atoms with van der Waals surface area (Å²) in [6.45, 7) is -0.236. The molecule has 6 nitrogen and oxygen atoms in total. The number of rotatable bonds is 5. The first-order valence-electron chi connectivity index (χ1n) is 6.08. The molecule has 2 aromatic rings. The number of benzene rings is 1. The lowest BCUT2D eigenvalue weighted by Gasteiger charge is -2.10. The summed E-state index contributed by atoms with van der Waals surface area (Å²) in [5.41, 5.74) is 0.993. The van der Waals surface area contributed by atoms with E-state index in [1.165, 1.54) is 14.2 Å². The molecule has 0 aliphatic carbocycles. The predicted octanol–water partition coefficient (Wildman–Crippen LogP) is 3.66. The van der Waals surface area contributed by atoms with Crippen LogP contribution >= 0.6 is 11.6 Å². The van der Waals surface area contributed by atoms with E-state index in [-0.39, 0.29) is 12.4 Å². The summed E-state index contributed by atoms with van der Waals surface area (Å²) in [6, 6.07) is 8.53. The number of nitrogens with zero attached hydrogens (tertiary/aromatic N) is 3. The molecule has 0 saturated carbocycles. The molecule has 0 fully saturated rings. The highest BCUT2D eigenvalue weighted by Crippen LogP contribution is 2.37. The highest BCUT2D eigenvalue weighted by molar-refractivity contribution is 6.30. The average molecular weight is 308 g/mol. The van der Waals surface area contributed by atoms with Gasteiger partial charge in [-0.2, -0.15) is 0 Å². The van der Waals surface area contributed by atoms with E-state index in [1.54, 1.807) is 30.3 Å². The Morgan fingerprint density at radius 3 is 2.62 bits per heavy atom. The van der Waals surface area contributed by atoms with Gasteiger partial charge in [0.15, 0.2) is 5.75 Å². The number of aliphatic hydroxyl groups excluding tert-OH is 1. The van der Waals surface area contributed by atoms with Crippen molar-refractivity contribution in [2.24, 2.45) is 10.2 Å². The monoisotopic (exact) mass is 307 g/mol. The Balaban J connectivity index is 2.42. The van der Waals surface area contributed by atoms with Crippen LogP contribution in [0.25, 0.3) is 0 Å². The summed E-state index contributed by atoms with van der Waals surface area (Å²) in [5.74, 6) is 0.998. The smallest absolute Gasteiger partial charge is 0.221 e. The molecule has 1 N–H and O–H groups in total. The van der Waals surface area contributed by atoms with Crippen LogP contribution in [0.15, 0.2) is 40.6 Å². The van der Waals surface area contributed by atoms with E-state index in [4.69, 9.17) is 21.1 Å². The average Bonchev–Trinajstić information content (AvgIpc) is 2.51. The maximum absolute atomic E-state index is 9.22. The standard InChI is InChI=1S/C14H14ClN3O3/c1-20-12-7-11(8-19)16-14(13(12)21-2)18-17-10-5-3-4-9(15)6-10/h3-7,19H,8H2,1-2H3. The molecule has 21 heavy (non-hydrogen) atoms. The lowest BCUT2D eigenvalue weighted by atomic mass is 10.3. The summed E-state index contributed by atoms with van der Waals surface area (Å²) >= 11 is 5.89. The molecule has 1 aromatic heterocycles. The van der Waals surface area contributed by atoms with E-state index in [2.05, 4.69) is 15.2 Å². The summed E-state index contributed by atoms with van der Waals surface area (Å²) in [5, 5.41) is 17.9. The zero-order valence-corrected chi connectivity index (χ0v) is 12.3. The Morgan fingerprint density at radius 2 is 2.00 bits per heavy atom. The summed E-state index contributed by atoms with van der Waals surface area (Å²) in [6.07, 6.45) is 0. The molecule has 0 saturated heterocycles. The van der Waals surface area contributed by atoms with E-state index in [0.717, 1.165) is 0 Å². The Morgan fingerprint density at radius 1 is 1.19 bits per heavy atom. The van der Waals surface area contributed by atoms with Crippen LogP contribution in [0, 0.1) is 0 Å². The normalized spacial score (nSPS) is 10.9. The fourth-order valence-corrected chi connectivity index (χ4v) is 1.87. The molecule has 0 atom stereocenters. The third-order valence-electron chi connectivity index (χ3n) is 2.63. The molecule has 0 unspecified atom stereocenters. The molecule has 1 heterocycles. The van der Waals surface area contributed by atoms with Crippen molar-refractivity contribution in [3.05, 3.63) is 41.0 Å². The second-order valence-corrected chi connectivity index (χ2v) is 4.45. The first-order valence-corrected chi connectivity index (χ1v) is 6.45. The number of aliphatic hydroxyl groups is 1. The minimum Gasteiger partial charge on any atom is -0.493 e. The number of pyridine rings is 1. The van der Waals surface area contributed by atoms with Gasteiger partial charge in [-0.1, -0.05) is 17.7 Å². The molecule has 0 aliphatic heterocycles. The number of aromatic nitrogens is 1. The van der Waals surface area contributed by atoms with Crippen LogP contribution in [0.2, 0.25) is 5.02 Å². The molecule has 1 aromatic carbocycles. The Hall–Kier alpha value is -2.18. The molecule has 2 rings (SSSR count). The molecule has 110 valence electrons. The quantitative estimate of drug-likeness (QED) is 0.855. The molecule has 0 radical (unpaired) electrons. The number of halogens is 1. The number of azo groups is 1. The van der Waals surface area contributed by atoms with Crippen LogP contribution in [0.5, 0.6) is 11.5 Å². The summed E-state index contributed by atoms with van der Waals surface area (Å²) < 4.78 is 10.4. The summed E-state index contributed by atoms with van der Waals surface area (Å²) in [4.78, 5) is 4.16. The van der Waals surface area contributed by atoms with Gasteiger partial charge in [-0.05, 0) is 18.2 Å². The van der Waals surface area contributed by atoms with E-state index in [0.29, 0.717) is 27.9 Å².